The first-order valence-electron chi connectivity index (χ1n) is 6.85. The Morgan fingerprint density at radius 2 is 1.91 bits per heavy atom. The number of carbonyl (C=O) groups excluding carboxylic acids is 1. The molecule has 0 aliphatic heterocycles. The quantitative estimate of drug-likeness (QED) is 0.763. The van der Waals surface area contributed by atoms with Gasteiger partial charge in [0, 0.05) is 11.6 Å². The highest BCUT2D eigenvalue weighted by molar-refractivity contribution is 7.89. The van der Waals surface area contributed by atoms with E-state index in [1.807, 2.05) is 0 Å². The van der Waals surface area contributed by atoms with Gasteiger partial charge in [0.05, 0.1) is 10.8 Å². The molecule has 1 aromatic carbocycles. The second-order valence-corrected chi connectivity index (χ2v) is 7.09. The van der Waals surface area contributed by atoms with Crippen molar-refractivity contribution in [2.75, 3.05) is 5.32 Å². The fraction of sp³-hybridized carbons (Fsp3) is 0.429. The molecule has 0 spiro atoms. The van der Waals surface area contributed by atoms with Crippen LogP contribution in [0.5, 0.6) is 0 Å². The van der Waals surface area contributed by atoms with Gasteiger partial charge in [-0.3, -0.25) is 9.59 Å². The summed E-state index contributed by atoms with van der Waals surface area (Å²) in [5.41, 5.74) is 0.825. The van der Waals surface area contributed by atoms with Crippen LogP contribution in [0.1, 0.15) is 24.8 Å². The molecular weight excluding hydrogens is 308 g/mol. The number of carbonyl (C=O) groups is 2. The molecule has 2 rings (SSSR count). The third-order valence-electron chi connectivity index (χ3n) is 3.91. The molecule has 1 fully saturated rings. The van der Waals surface area contributed by atoms with Crippen LogP contribution < -0.4 is 10.5 Å². The molecule has 0 heterocycles. The molecule has 0 unspecified atom stereocenters. The molecule has 7 nitrogen and oxygen atoms in total. The predicted molar refractivity (Wildman–Crippen MR) is 79.6 cm³/mol. The van der Waals surface area contributed by atoms with Crippen molar-refractivity contribution < 1.29 is 23.1 Å². The summed E-state index contributed by atoms with van der Waals surface area (Å²) in [7, 11) is -3.86. The van der Waals surface area contributed by atoms with Gasteiger partial charge in [-0.25, -0.2) is 13.6 Å². The highest BCUT2D eigenvalue weighted by Gasteiger charge is 2.33. The lowest BCUT2D eigenvalue weighted by Crippen LogP contribution is -2.22. The molecule has 1 aliphatic rings. The molecule has 1 saturated carbocycles. The fourth-order valence-corrected chi connectivity index (χ4v) is 3.48. The summed E-state index contributed by atoms with van der Waals surface area (Å²) >= 11 is 0. The molecule has 22 heavy (non-hydrogen) atoms. The van der Waals surface area contributed by atoms with Crippen molar-refractivity contribution in [2.24, 2.45) is 17.0 Å². The van der Waals surface area contributed by atoms with E-state index >= 15 is 0 Å². The van der Waals surface area contributed by atoms with E-state index in [1.165, 1.54) is 6.07 Å². The number of benzene rings is 1. The van der Waals surface area contributed by atoms with Gasteiger partial charge >= 0.3 is 5.97 Å². The maximum Gasteiger partial charge on any atom is 0.306 e. The molecule has 4 N–H and O–H groups in total. The molecule has 8 heteroatoms. The first-order chi connectivity index (χ1) is 10.2. The third-order valence-corrected chi connectivity index (χ3v) is 4.97. The number of hydrogen-bond donors (Lipinski definition) is 3. The normalized spacial score (nSPS) is 21.5. The second kappa shape index (κ2) is 6.05. The van der Waals surface area contributed by atoms with Crippen LogP contribution in [-0.4, -0.2) is 25.4 Å². The molecule has 1 amide bonds. The lowest BCUT2D eigenvalue weighted by molar-refractivity contribution is -0.141. The van der Waals surface area contributed by atoms with Gasteiger partial charge in [-0.15, -0.1) is 0 Å². The van der Waals surface area contributed by atoms with E-state index in [0.29, 0.717) is 30.5 Å². The lowest BCUT2D eigenvalue weighted by atomic mass is 10.0. The van der Waals surface area contributed by atoms with Crippen molar-refractivity contribution in [1.29, 1.82) is 0 Å². The zero-order chi connectivity index (χ0) is 16.5. The second-order valence-electron chi connectivity index (χ2n) is 5.56. The largest absolute Gasteiger partial charge is 0.481 e. The van der Waals surface area contributed by atoms with Gasteiger partial charge in [0.15, 0.2) is 0 Å². The maximum absolute atomic E-state index is 12.1. The number of aryl methyl sites for hydroxylation is 1. The van der Waals surface area contributed by atoms with Crippen molar-refractivity contribution in [3.63, 3.8) is 0 Å². The number of aliphatic carboxylic acids is 1. The van der Waals surface area contributed by atoms with E-state index in [1.54, 1.807) is 19.1 Å². The average Bonchev–Trinajstić information content (AvgIpc) is 2.89. The van der Waals surface area contributed by atoms with Gasteiger partial charge in [-0.05, 0) is 43.9 Å². The van der Waals surface area contributed by atoms with Gasteiger partial charge < -0.3 is 10.4 Å². The van der Waals surface area contributed by atoms with Crippen LogP contribution in [-0.2, 0) is 19.6 Å². The fourth-order valence-electron chi connectivity index (χ4n) is 2.67. The molecule has 2 atom stereocenters. The average molecular weight is 326 g/mol. The van der Waals surface area contributed by atoms with Crippen molar-refractivity contribution in [2.45, 2.75) is 31.1 Å². The Labute approximate surface area is 128 Å². The van der Waals surface area contributed by atoms with E-state index in [-0.39, 0.29) is 16.7 Å². The van der Waals surface area contributed by atoms with E-state index in [2.05, 4.69) is 5.32 Å². The number of hydrogen-bond acceptors (Lipinski definition) is 4. The zero-order valence-electron chi connectivity index (χ0n) is 12.1. The van der Waals surface area contributed by atoms with Gasteiger partial charge in [0.1, 0.15) is 0 Å². The highest BCUT2D eigenvalue weighted by Crippen LogP contribution is 2.32. The smallest absolute Gasteiger partial charge is 0.306 e. The SMILES string of the molecule is Cc1ccc(NC(=O)[C@@H]2CC[C@H](C(=O)O)C2)cc1S(N)(=O)=O. The Balaban J connectivity index is 2.12. The van der Waals surface area contributed by atoms with E-state index in [9.17, 15) is 18.0 Å². The Kier molecular flexibility index (Phi) is 4.52. The number of nitrogens with one attached hydrogen (secondary N) is 1. The number of nitrogens with two attached hydrogens (primary N) is 1. The number of carboxylic acids is 1. The monoisotopic (exact) mass is 326 g/mol. The summed E-state index contributed by atoms with van der Waals surface area (Å²) in [6.07, 6.45) is 1.29. The lowest BCUT2D eigenvalue weighted by Gasteiger charge is -2.12. The minimum atomic E-state index is -3.86. The molecule has 120 valence electrons. The minimum Gasteiger partial charge on any atom is -0.481 e. The molecule has 0 bridgehead atoms. The molecule has 0 saturated heterocycles. The summed E-state index contributed by atoms with van der Waals surface area (Å²) in [4.78, 5) is 23.0. The number of sulfonamides is 1. The van der Waals surface area contributed by atoms with Crippen LogP contribution in [0.3, 0.4) is 0 Å². The van der Waals surface area contributed by atoms with E-state index < -0.39 is 21.9 Å². The molecule has 0 aromatic heterocycles. The topological polar surface area (TPSA) is 127 Å². The first-order valence-corrected chi connectivity index (χ1v) is 8.40. The summed E-state index contributed by atoms with van der Waals surface area (Å²) < 4.78 is 22.9. The van der Waals surface area contributed by atoms with Crippen LogP contribution in [0.25, 0.3) is 0 Å². The summed E-state index contributed by atoms with van der Waals surface area (Å²) in [6, 6.07) is 4.46. The van der Waals surface area contributed by atoms with Crippen LogP contribution in [0.15, 0.2) is 23.1 Å². The van der Waals surface area contributed by atoms with Gasteiger partial charge in [-0.2, -0.15) is 0 Å². The number of rotatable bonds is 4. The molecule has 0 radical (unpaired) electrons. The third kappa shape index (κ3) is 3.63. The predicted octanol–water partition coefficient (Wildman–Crippen LogP) is 1.08. The molecule has 1 aromatic rings. The van der Waals surface area contributed by atoms with Crippen LogP contribution >= 0.6 is 0 Å². The summed E-state index contributed by atoms with van der Waals surface area (Å²) in [6.45, 7) is 1.61. The Hall–Kier alpha value is -1.93. The Morgan fingerprint density at radius 3 is 2.45 bits per heavy atom. The van der Waals surface area contributed by atoms with Gasteiger partial charge in [0.25, 0.3) is 0 Å². The Morgan fingerprint density at radius 1 is 1.27 bits per heavy atom. The van der Waals surface area contributed by atoms with Gasteiger partial charge in [-0.1, -0.05) is 6.07 Å². The standard InChI is InChI=1S/C14H18N2O5S/c1-8-2-5-11(7-12(8)22(15,20)21)16-13(17)9-3-4-10(6-9)14(18)19/h2,5,7,9-10H,3-4,6H2,1H3,(H,16,17)(H,18,19)(H2,15,20,21)/t9-,10+/m1/s1. The zero-order valence-corrected chi connectivity index (χ0v) is 12.9. The van der Waals surface area contributed by atoms with Gasteiger partial charge in [0.2, 0.25) is 15.9 Å². The number of amides is 1. The Bertz CT molecular complexity index is 714. The van der Waals surface area contributed by atoms with Crippen molar-refractivity contribution in [1.82, 2.24) is 0 Å². The van der Waals surface area contributed by atoms with Crippen molar-refractivity contribution in [3.05, 3.63) is 23.8 Å². The first kappa shape index (κ1) is 16.4. The summed E-state index contributed by atoms with van der Waals surface area (Å²) in [5, 5.41) is 16.7. The maximum atomic E-state index is 12.1. The van der Waals surface area contributed by atoms with Crippen molar-refractivity contribution in [3.8, 4) is 0 Å². The van der Waals surface area contributed by atoms with Crippen LogP contribution in [0.2, 0.25) is 0 Å². The van der Waals surface area contributed by atoms with E-state index in [4.69, 9.17) is 10.2 Å². The molecular formula is C14H18N2O5S. The van der Waals surface area contributed by atoms with Crippen LogP contribution in [0.4, 0.5) is 5.69 Å². The number of carboxylic acid groups (broad SMARTS) is 1. The van der Waals surface area contributed by atoms with Crippen LogP contribution in [0, 0.1) is 18.8 Å². The number of anilines is 1. The number of primary sulfonamides is 1. The summed E-state index contributed by atoms with van der Waals surface area (Å²) in [5.74, 6) is -2.05. The van der Waals surface area contributed by atoms with E-state index in [0.717, 1.165) is 0 Å². The molecule has 1 aliphatic carbocycles. The highest BCUT2D eigenvalue weighted by atomic mass is 32.2. The minimum absolute atomic E-state index is 0.0415. The van der Waals surface area contributed by atoms with Crippen molar-refractivity contribution >= 4 is 27.6 Å².